The van der Waals surface area contributed by atoms with Crippen molar-refractivity contribution in [2.75, 3.05) is 7.11 Å². The number of rotatable bonds is 1. The second-order valence-electron chi connectivity index (χ2n) is 4.82. The average molecular weight is 274 g/mol. The summed E-state index contributed by atoms with van der Waals surface area (Å²) in [4.78, 5) is 11.6. The second kappa shape index (κ2) is 4.13. The SMILES string of the molecule is COC(=O)c1ccc2c(c1)-c1c(C)cccc1C2(F)F. The van der Waals surface area contributed by atoms with E-state index in [0.717, 1.165) is 5.56 Å². The summed E-state index contributed by atoms with van der Waals surface area (Å²) in [5.41, 5.74) is 1.90. The van der Waals surface area contributed by atoms with Gasteiger partial charge in [-0.3, -0.25) is 0 Å². The molecule has 3 rings (SSSR count). The highest BCUT2D eigenvalue weighted by atomic mass is 19.3. The molecule has 2 aromatic rings. The molecule has 102 valence electrons. The lowest BCUT2D eigenvalue weighted by Gasteiger charge is -2.12. The number of aryl methyl sites for hydroxylation is 1. The molecule has 2 nitrogen and oxygen atoms in total. The van der Waals surface area contributed by atoms with Crippen molar-refractivity contribution in [3.8, 4) is 11.1 Å². The van der Waals surface area contributed by atoms with Crippen molar-refractivity contribution in [1.82, 2.24) is 0 Å². The van der Waals surface area contributed by atoms with Crippen LogP contribution in [-0.2, 0) is 10.7 Å². The maximum atomic E-state index is 14.4. The molecule has 0 amide bonds. The summed E-state index contributed by atoms with van der Waals surface area (Å²) in [6, 6.07) is 9.00. The molecule has 0 spiro atoms. The Balaban J connectivity index is 2.31. The first kappa shape index (κ1) is 12.8. The summed E-state index contributed by atoms with van der Waals surface area (Å²) in [6.07, 6.45) is 0. The van der Waals surface area contributed by atoms with Crippen molar-refractivity contribution >= 4 is 5.97 Å². The molecule has 0 heterocycles. The average Bonchev–Trinajstić information content (AvgIpc) is 2.67. The first-order valence-corrected chi connectivity index (χ1v) is 6.18. The van der Waals surface area contributed by atoms with Crippen LogP contribution in [0.3, 0.4) is 0 Å². The van der Waals surface area contributed by atoms with E-state index >= 15 is 0 Å². The quantitative estimate of drug-likeness (QED) is 0.737. The number of fused-ring (bicyclic) bond motifs is 3. The van der Waals surface area contributed by atoms with Gasteiger partial charge in [0.1, 0.15) is 0 Å². The first-order chi connectivity index (χ1) is 9.46. The van der Waals surface area contributed by atoms with Gasteiger partial charge in [-0.15, -0.1) is 0 Å². The molecule has 2 aromatic carbocycles. The van der Waals surface area contributed by atoms with Crippen LogP contribution in [0.2, 0.25) is 0 Å². The topological polar surface area (TPSA) is 26.3 Å². The fourth-order valence-corrected chi connectivity index (χ4v) is 2.70. The van der Waals surface area contributed by atoms with Crippen LogP contribution < -0.4 is 0 Å². The van der Waals surface area contributed by atoms with Gasteiger partial charge in [0, 0.05) is 11.1 Å². The van der Waals surface area contributed by atoms with E-state index in [0.29, 0.717) is 11.1 Å². The van der Waals surface area contributed by atoms with Gasteiger partial charge in [-0.1, -0.05) is 24.3 Å². The van der Waals surface area contributed by atoms with Crippen LogP contribution in [0.4, 0.5) is 8.78 Å². The van der Waals surface area contributed by atoms with Gasteiger partial charge in [0.25, 0.3) is 5.92 Å². The van der Waals surface area contributed by atoms with Crippen LogP contribution in [0.25, 0.3) is 11.1 Å². The number of benzene rings is 2. The highest BCUT2D eigenvalue weighted by Gasteiger charge is 2.44. The number of carbonyl (C=O) groups is 1. The lowest BCUT2D eigenvalue weighted by molar-refractivity contribution is 0.0477. The van der Waals surface area contributed by atoms with Crippen molar-refractivity contribution in [3.63, 3.8) is 0 Å². The smallest absolute Gasteiger partial charge is 0.337 e. The minimum absolute atomic E-state index is 0.00508. The third-order valence-corrected chi connectivity index (χ3v) is 3.66. The Labute approximate surface area is 115 Å². The number of ether oxygens (including phenoxy) is 1. The van der Waals surface area contributed by atoms with Gasteiger partial charge in [-0.25, -0.2) is 4.79 Å². The minimum atomic E-state index is -3.02. The summed E-state index contributed by atoms with van der Waals surface area (Å²) >= 11 is 0. The number of hydrogen-bond donors (Lipinski definition) is 0. The number of carbonyl (C=O) groups excluding carboxylic acids is 1. The van der Waals surface area contributed by atoms with E-state index in [2.05, 4.69) is 4.74 Å². The van der Waals surface area contributed by atoms with Crippen LogP contribution in [0.15, 0.2) is 36.4 Å². The summed E-state index contributed by atoms with van der Waals surface area (Å²) < 4.78 is 33.5. The van der Waals surface area contributed by atoms with Crippen LogP contribution >= 0.6 is 0 Å². The van der Waals surface area contributed by atoms with Crippen molar-refractivity contribution in [2.24, 2.45) is 0 Å². The standard InChI is InChI=1S/C16H12F2O2/c1-9-4-3-5-13-14(9)11-8-10(15(19)20-2)6-7-12(11)16(13,17)18/h3-8H,1-2H3. The van der Waals surface area contributed by atoms with E-state index in [1.807, 2.05) is 0 Å². The third kappa shape index (κ3) is 1.57. The summed E-state index contributed by atoms with van der Waals surface area (Å²) in [5, 5.41) is 0. The van der Waals surface area contributed by atoms with Gasteiger partial charge in [0.15, 0.2) is 0 Å². The molecule has 0 aliphatic heterocycles. The summed E-state index contributed by atoms with van der Waals surface area (Å²) in [6.45, 7) is 1.79. The van der Waals surface area contributed by atoms with Crippen LogP contribution in [-0.4, -0.2) is 13.1 Å². The molecular formula is C16H12F2O2. The van der Waals surface area contributed by atoms with Crippen LogP contribution in [0, 0.1) is 6.92 Å². The number of hydrogen-bond acceptors (Lipinski definition) is 2. The van der Waals surface area contributed by atoms with Gasteiger partial charge >= 0.3 is 5.97 Å². The molecule has 0 N–H and O–H groups in total. The predicted molar refractivity (Wildman–Crippen MR) is 71.0 cm³/mol. The number of halogens is 2. The van der Waals surface area contributed by atoms with E-state index in [1.165, 1.54) is 31.4 Å². The second-order valence-corrected chi connectivity index (χ2v) is 4.82. The Morgan fingerprint density at radius 3 is 2.60 bits per heavy atom. The Bertz CT molecular complexity index is 720. The van der Waals surface area contributed by atoms with E-state index in [-0.39, 0.29) is 16.7 Å². The van der Waals surface area contributed by atoms with Gasteiger partial charge in [0.2, 0.25) is 0 Å². The van der Waals surface area contributed by atoms with Crippen LogP contribution in [0.1, 0.15) is 27.0 Å². The lowest BCUT2D eigenvalue weighted by atomic mass is 9.99. The molecule has 1 aliphatic rings. The normalized spacial score (nSPS) is 14.6. The van der Waals surface area contributed by atoms with E-state index in [1.54, 1.807) is 19.1 Å². The van der Waals surface area contributed by atoms with E-state index in [9.17, 15) is 13.6 Å². The minimum Gasteiger partial charge on any atom is -0.465 e. The van der Waals surface area contributed by atoms with Crippen molar-refractivity contribution in [2.45, 2.75) is 12.8 Å². The van der Waals surface area contributed by atoms with Gasteiger partial charge in [-0.05, 0) is 35.7 Å². The molecule has 0 saturated carbocycles. The Kier molecular flexibility index (Phi) is 2.64. The molecule has 0 radical (unpaired) electrons. The van der Waals surface area contributed by atoms with Crippen molar-refractivity contribution in [1.29, 1.82) is 0 Å². The Morgan fingerprint density at radius 2 is 1.90 bits per heavy atom. The zero-order chi connectivity index (χ0) is 14.5. The Morgan fingerprint density at radius 1 is 1.15 bits per heavy atom. The maximum absolute atomic E-state index is 14.4. The fraction of sp³-hybridized carbons (Fsp3) is 0.188. The number of esters is 1. The highest BCUT2D eigenvalue weighted by molar-refractivity contribution is 5.93. The predicted octanol–water partition coefficient (Wildman–Crippen LogP) is 3.90. The highest BCUT2D eigenvalue weighted by Crippen LogP contribution is 2.52. The maximum Gasteiger partial charge on any atom is 0.337 e. The van der Waals surface area contributed by atoms with E-state index < -0.39 is 11.9 Å². The molecule has 0 unspecified atom stereocenters. The molecule has 0 saturated heterocycles. The molecule has 20 heavy (non-hydrogen) atoms. The molecule has 1 aliphatic carbocycles. The van der Waals surface area contributed by atoms with Gasteiger partial charge < -0.3 is 4.74 Å². The van der Waals surface area contributed by atoms with Crippen LogP contribution in [0.5, 0.6) is 0 Å². The molecule has 0 aromatic heterocycles. The van der Waals surface area contributed by atoms with Crippen molar-refractivity contribution in [3.05, 3.63) is 58.7 Å². The largest absolute Gasteiger partial charge is 0.465 e. The Hall–Kier alpha value is -2.23. The van der Waals surface area contributed by atoms with Gasteiger partial charge in [0.05, 0.1) is 12.7 Å². The molecule has 0 bridgehead atoms. The number of alkyl halides is 2. The first-order valence-electron chi connectivity index (χ1n) is 6.18. The summed E-state index contributed by atoms with van der Waals surface area (Å²) in [7, 11) is 1.27. The monoisotopic (exact) mass is 274 g/mol. The fourth-order valence-electron chi connectivity index (χ4n) is 2.70. The number of methoxy groups -OCH3 is 1. The zero-order valence-corrected chi connectivity index (χ0v) is 11.0. The molecule has 0 atom stereocenters. The van der Waals surface area contributed by atoms with Crippen molar-refractivity contribution < 1.29 is 18.3 Å². The molecule has 0 fully saturated rings. The van der Waals surface area contributed by atoms with Gasteiger partial charge in [-0.2, -0.15) is 8.78 Å². The van der Waals surface area contributed by atoms with E-state index in [4.69, 9.17) is 0 Å². The third-order valence-electron chi connectivity index (χ3n) is 3.66. The molecule has 4 heteroatoms. The zero-order valence-electron chi connectivity index (χ0n) is 11.0. The molecular weight excluding hydrogens is 262 g/mol. The summed E-state index contributed by atoms with van der Waals surface area (Å²) in [5.74, 6) is -3.55. The lowest BCUT2D eigenvalue weighted by Crippen LogP contribution is -2.11.